The van der Waals surface area contributed by atoms with Gasteiger partial charge in [0.25, 0.3) is 0 Å². The van der Waals surface area contributed by atoms with Crippen molar-refractivity contribution in [2.24, 2.45) is 0 Å². The minimum atomic E-state index is -5.17. The van der Waals surface area contributed by atoms with Crippen molar-refractivity contribution in [3.63, 3.8) is 0 Å². The fourth-order valence-corrected chi connectivity index (χ4v) is 2.83. The zero-order chi connectivity index (χ0) is 27.3. The van der Waals surface area contributed by atoms with E-state index in [1.807, 2.05) is 48.5 Å². The molecule has 0 unspecified atom stereocenters. The Bertz CT molecular complexity index is 1350. The summed E-state index contributed by atoms with van der Waals surface area (Å²) in [5.74, 6) is 0. The molecule has 0 fully saturated rings. The Labute approximate surface area is 215 Å². The third-order valence-electron chi connectivity index (χ3n) is 4.65. The van der Waals surface area contributed by atoms with Gasteiger partial charge < -0.3 is 19.7 Å². The number of hydrogen-bond acceptors (Lipinski definition) is 8. The van der Waals surface area contributed by atoms with Gasteiger partial charge in [0.15, 0.2) is 9.95 Å². The number of nitrogens with one attached hydrogen (secondary N) is 2. The molecule has 10 nitrogen and oxygen atoms in total. The van der Waals surface area contributed by atoms with Crippen molar-refractivity contribution < 1.29 is 17.5 Å². The highest BCUT2D eigenvalue weighted by molar-refractivity contribution is 7.79. The second-order valence-electron chi connectivity index (χ2n) is 7.68. The third kappa shape index (κ3) is 11.9. The molecule has 2 N–H and O–H groups in total. The first kappa shape index (κ1) is 28.4. The van der Waals surface area contributed by atoms with Gasteiger partial charge in [0, 0.05) is 57.4 Å². The highest BCUT2D eigenvalue weighted by atomic mass is 32.3. The first-order chi connectivity index (χ1) is 17.6. The summed E-state index contributed by atoms with van der Waals surface area (Å²) >= 11 is 0. The van der Waals surface area contributed by atoms with Gasteiger partial charge in [-0.25, -0.2) is 0 Å². The molecule has 0 aliphatic rings. The van der Waals surface area contributed by atoms with Crippen molar-refractivity contribution in [1.82, 2.24) is 0 Å². The van der Waals surface area contributed by atoms with Gasteiger partial charge in [-0.2, -0.15) is 0 Å². The smallest absolute Gasteiger partial charge is 0.385 e. The molecule has 0 saturated carbocycles. The van der Waals surface area contributed by atoms with E-state index in [4.69, 9.17) is 28.3 Å². The molecule has 4 aromatic carbocycles. The van der Waals surface area contributed by atoms with Crippen LogP contribution in [0.25, 0.3) is 9.95 Å². The summed E-state index contributed by atoms with van der Waals surface area (Å²) in [4.78, 5) is 6.21. The van der Waals surface area contributed by atoms with Gasteiger partial charge in [-0.15, -0.1) is 0 Å². The Morgan fingerprint density at radius 1 is 0.541 bits per heavy atom. The van der Waals surface area contributed by atoms with Gasteiger partial charge in [0.2, 0.25) is 10.8 Å². The molecule has 0 saturated heterocycles. The summed E-state index contributed by atoms with van der Waals surface area (Å²) in [6.07, 6.45) is 0. The number of benzene rings is 4. The zero-order valence-corrected chi connectivity index (χ0v) is 20.9. The van der Waals surface area contributed by atoms with Crippen molar-refractivity contribution in [3.8, 4) is 0 Å². The molecule has 0 heterocycles. The summed E-state index contributed by atoms with van der Waals surface area (Å²) in [5, 5.41) is 23.6. The Balaban J connectivity index is 0.000000221. The van der Waals surface area contributed by atoms with Crippen molar-refractivity contribution in [1.29, 1.82) is 10.8 Å². The molecule has 0 bridgehead atoms. The van der Waals surface area contributed by atoms with E-state index in [9.17, 15) is 0 Å². The van der Waals surface area contributed by atoms with Gasteiger partial charge in [-0.3, -0.25) is 8.42 Å². The molecule has 0 radical (unpaired) electrons. The molecular formula is C26H24N6O4S. The van der Waals surface area contributed by atoms with E-state index < -0.39 is 10.4 Å². The molecule has 0 aromatic heterocycles. The molecule has 0 amide bonds. The van der Waals surface area contributed by atoms with Crippen LogP contribution in [-0.4, -0.2) is 17.5 Å². The topological polar surface area (TPSA) is 161 Å². The molecule has 0 spiro atoms. The van der Waals surface area contributed by atoms with E-state index in [0.29, 0.717) is 11.4 Å². The van der Waals surface area contributed by atoms with Crippen molar-refractivity contribution in [2.75, 3.05) is 10.6 Å². The van der Waals surface area contributed by atoms with Crippen LogP contribution in [0.4, 0.5) is 34.1 Å². The van der Waals surface area contributed by atoms with Crippen molar-refractivity contribution in [3.05, 3.63) is 118 Å². The van der Waals surface area contributed by atoms with Crippen LogP contribution in [0.3, 0.4) is 0 Å². The molecule has 188 valence electrons. The van der Waals surface area contributed by atoms with Gasteiger partial charge in [0.1, 0.15) is 0 Å². The van der Waals surface area contributed by atoms with E-state index in [1.54, 1.807) is 24.3 Å². The number of aryl methyl sites for hydroxylation is 2. The van der Waals surface area contributed by atoms with E-state index in [1.165, 1.54) is 11.1 Å². The van der Waals surface area contributed by atoms with E-state index >= 15 is 0 Å². The molecule has 0 atom stereocenters. The summed E-state index contributed by atoms with van der Waals surface area (Å²) in [6, 6.07) is 30.8. The Kier molecular flexibility index (Phi) is 10.7. The maximum atomic E-state index is 8.55. The van der Waals surface area contributed by atoms with Crippen LogP contribution in [0.2, 0.25) is 0 Å². The maximum absolute atomic E-state index is 8.55. The monoisotopic (exact) mass is 516 g/mol. The minimum Gasteiger partial charge on any atom is -0.759 e. The highest BCUT2D eigenvalue weighted by Crippen LogP contribution is 2.21. The van der Waals surface area contributed by atoms with E-state index in [0.717, 1.165) is 22.7 Å². The highest BCUT2D eigenvalue weighted by Gasteiger charge is 2.03. The fourth-order valence-electron chi connectivity index (χ4n) is 2.83. The Morgan fingerprint density at radius 3 is 0.973 bits per heavy atom. The van der Waals surface area contributed by atoms with Crippen LogP contribution < -0.4 is 10.6 Å². The van der Waals surface area contributed by atoms with Crippen molar-refractivity contribution in [2.45, 2.75) is 13.8 Å². The van der Waals surface area contributed by atoms with Crippen LogP contribution in [0.1, 0.15) is 11.1 Å². The summed E-state index contributed by atoms with van der Waals surface area (Å²) in [6.45, 7) is 4.11. The molecule has 11 heteroatoms. The fraction of sp³-hybridized carbons (Fsp3) is 0.0769. The lowest BCUT2D eigenvalue weighted by Crippen LogP contribution is -1.91. The number of anilines is 4. The Morgan fingerprint density at radius 2 is 0.757 bits per heavy atom. The first-order valence-corrected chi connectivity index (χ1v) is 12.1. The normalized spacial score (nSPS) is 9.78. The second-order valence-corrected chi connectivity index (χ2v) is 8.50. The summed E-state index contributed by atoms with van der Waals surface area (Å²) in [5.41, 5.74) is 7.59. The van der Waals surface area contributed by atoms with Crippen LogP contribution in [-0.2, 0) is 10.4 Å². The maximum Gasteiger partial charge on any atom is 0.385 e. The molecule has 4 aromatic rings. The molecular weight excluding hydrogens is 492 g/mol. The largest absolute Gasteiger partial charge is 0.759 e. The lowest BCUT2D eigenvalue weighted by atomic mass is 10.2. The van der Waals surface area contributed by atoms with E-state index in [2.05, 4.69) is 58.7 Å². The van der Waals surface area contributed by atoms with Crippen LogP contribution in [0.5, 0.6) is 0 Å². The second kappa shape index (κ2) is 13.9. The minimum absolute atomic E-state index is 0.550. The Hall–Kier alpha value is -4.81. The standard InChI is InChI=1S/2C13H12N3.H2O4S/c2*1-10-2-4-11(5-3-10)15-12-6-8-13(16-14)9-7-12;1-5(2,3)4/h2*2-9,15H,1H3;(H2,1,2,3,4)/q2*+1;/p-2. The van der Waals surface area contributed by atoms with Gasteiger partial charge >= 0.3 is 11.4 Å². The van der Waals surface area contributed by atoms with Gasteiger partial charge in [0.05, 0.1) is 0 Å². The number of diazo groups is 2. The lowest BCUT2D eigenvalue weighted by Gasteiger charge is -2.06. The first-order valence-electron chi connectivity index (χ1n) is 10.8. The SMILES string of the molecule is Cc1ccc(Nc2ccc([N+]#N)cc2)cc1.Cc1ccc(Nc2ccc([N+]#N)cc2)cc1.O=S(=O)([O-])[O-]. The predicted octanol–water partition coefficient (Wildman–Crippen LogP) is 7.11. The molecule has 4 rings (SSSR count). The average molecular weight is 517 g/mol. The van der Waals surface area contributed by atoms with Gasteiger partial charge in [-0.1, -0.05) is 35.4 Å². The van der Waals surface area contributed by atoms with Crippen molar-refractivity contribution >= 4 is 44.5 Å². The summed E-state index contributed by atoms with van der Waals surface area (Å²) < 4.78 is 34.1. The predicted molar refractivity (Wildman–Crippen MR) is 142 cm³/mol. The van der Waals surface area contributed by atoms with Gasteiger partial charge in [-0.05, 0) is 62.4 Å². The van der Waals surface area contributed by atoms with E-state index in [-0.39, 0.29) is 0 Å². The van der Waals surface area contributed by atoms with Crippen LogP contribution in [0, 0.1) is 24.6 Å². The average Bonchev–Trinajstić information content (AvgIpc) is 2.87. The third-order valence-corrected chi connectivity index (χ3v) is 4.65. The van der Waals surface area contributed by atoms with Crippen LogP contribution in [0.15, 0.2) is 97.1 Å². The number of nitrogens with zero attached hydrogens (tertiary/aromatic N) is 4. The number of hydrogen-bond donors (Lipinski definition) is 2. The lowest BCUT2D eigenvalue weighted by molar-refractivity contribution is 0.352. The summed E-state index contributed by atoms with van der Waals surface area (Å²) in [7, 11) is -5.17. The number of rotatable bonds is 4. The zero-order valence-electron chi connectivity index (χ0n) is 20.1. The van der Waals surface area contributed by atoms with Crippen LogP contribution >= 0.6 is 0 Å². The molecule has 37 heavy (non-hydrogen) atoms. The quantitative estimate of drug-likeness (QED) is 0.165. The molecule has 0 aliphatic carbocycles. The molecule has 0 aliphatic heterocycles.